The first kappa shape index (κ1) is 15.0. The Morgan fingerprint density at radius 1 is 1.30 bits per heavy atom. The van der Waals surface area contributed by atoms with E-state index in [0.29, 0.717) is 12.8 Å². The summed E-state index contributed by atoms with van der Waals surface area (Å²) >= 11 is 3.42. The van der Waals surface area contributed by atoms with Crippen LogP contribution < -0.4 is 5.32 Å². The molecule has 20 heavy (non-hydrogen) atoms. The molecule has 0 saturated heterocycles. The minimum Gasteiger partial charge on any atom is -0.481 e. The number of carbonyl (C=O) groups excluding carboxylic acids is 1. The first-order chi connectivity index (χ1) is 9.47. The second kappa shape index (κ2) is 6.39. The Kier molecular flexibility index (Phi) is 4.81. The van der Waals surface area contributed by atoms with Crippen LogP contribution in [0, 0.1) is 18.8 Å². The molecule has 0 radical (unpaired) electrons. The zero-order valence-electron chi connectivity index (χ0n) is 11.4. The van der Waals surface area contributed by atoms with Crippen LogP contribution in [0.4, 0.5) is 5.69 Å². The van der Waals surface area contributed by atoms with E-state index in [2.05, 4.69) is 21.2 Å². The quantitative estimate of drug-likeness (QED) is 0.884. The van der Waals surface area contributed by atoms with Crippen molar-refractivity contribution in [1.29, 1.82) is 0 Å². The number of benzene rings is 1. The van der Waals surface area contributed by atoms with Gasteiger partial charge in [-0.1, -0.05) is 22.4 Å². The number of hydrogen-bond acceptors (Lipinski definition) is 2. The predicted octanol–water partition coefficient (Wildman–Crippen LogP) is 3.59. The van der Waals surface area contributed by atoms with Crippen LogP contribution in [0.5, 0.6) is 0 Å². The predicted molar refractivity (Wildman–Crippen MR) is 80.6 cm³/mol. The van der Waals surface area contributed by atoms with E-state index < -0.39 is 5.97 Å². The van der Waals surface area contributed by atoms with Gasteiger partial charge in [-0.05, 0) is 49.9 Å². The zero-order valence-corrected chi connectivity index (χ0v) is 12.9. The summed E-state index contributed by atoms with van der Waals surface area (Å²) in [7, 11) is 0. The lowest BCUT2D eigenvalue weighted by atomic mass is 9.81. The smallest absolute Gasteiger partial charge is 0.306 e. The van der Waals surface area contributed by atoms with E-state index in [-0.39, 0.29) is 17.7 Å². The maximum Gasteiger partial charge on any atom is 0.306 e. The van der Waals surface area contributed by atoms with Crippen LogP contribution in [0.25, 0.3) is 0 Å². The van der Waals surface area contributed by atoms with E-state index in [0.717, 1.165) is 28.6 Å². The lowest BCUT2D eigenvalue weighted by Crippen LogP contribution is -2.30. The Labute approximate surface area is 126 Å². The number of rotatable bonds is 3. The molecule has 108 valence electrons. The minimum absolute atomic E-state index is 0.0716. The van der Waals surface area contributed by atoms with E-state index in [1.54, 1.807) is 0 Å². The summed E-state index contributed by atoms with van der Waals surface area (Å²) in [5.74, 6) is -1.44. The van der Waals surface area contributed by atoms with E-state index in [4.69, 9.17) is 5.11 Å². The van der Waals surface area contributed by atoms with Crippen LogP contribution in [0.2, 0.25) is 0 Å². The first-order valence-electron chi connectivity index (χ1n) is 6.77. The molecule has 1 fully saturated rings. The number of aryl methyl sites for hydroxylation is 1. The van der Waals surface area contributed by atoms with Crippen molar-refractivity contribution >= 4 is 33.5 Å². The SMILES string of the molecule is Cc1cc(NC(=O)C2CCCC(C(=O)O)C2)ccc1Br. The lowest BCUT2D eigenvalue weighted by Gasteiger charge is -2.25. The number of hydrogen-bond donors (Lipinski definition) is 2. The summed E-state index contributed by atoms with van der Waals surface area (Å²) < 4.78 is 0.999. The Hall–Kier alpha value is -1.36. The molecule has 1 aliphatic carbocycles. The van der Waals surface area contributed by atoms with Gasteiger partial charge in [0, 0.05) is 16.1 Å². The second-order valence-corrected chi connectivity index (χ2v) is 6.21. The molecule has 0 aliphatic heterocycles. The number of carbonyl (C=O) groups is 2. The van der Waals surface area contributed by atoms with Crippen LogP contribution in [0.1, 0.15) is 31.2 Å². The number of halogens is 1. The average molecular weight is 340 g/mol. The van der Waals surface area contributed by atoms with Crippen LogP contribution in [-0.2, 0) is 9.59 Å². The fourth-order valence-electron chi connectivity index (χ4n) is 2.62. The molecule has 1 amide bonds. The molecule has 0 aromatic heterocycles. The van der Waals surface area contributed by atoms with Crippen LogP contribution in [0.15, 0.2) is 22.7 Å². The van der Waals surface area contributed by atoms with Crippen molar-refractivity contribution in [1.82, 2.24) is 0 Å². The van der Waals surface area contributed by atoms with Crippen LogP contribution >= 0.6 is 15.9 Å². The number of carboxylic acid groups (broad SMARTS) is 1. The maximum atomic E-state index is 12.2. The molecule has 2 atom stereocenters. The van der Waals surface area contributed by atoms with E-state index in [9.17, 15) is 9.59 Å². The third kappa shape index (κ3) is 3.60. The summed E-state index contributed by atoms with van der Waals surface area (Å²) in [6.07, 6.45) is 2.69. The molecule has 2 N–H and O–H groups in total. The van der Waals surface area contributed by atoms with Gasteiger partial charge in [0.25, 0.3) is 0 Å². The standard InChI is InChI=1S/C15H18BrNO3/c1-9-7-12(5-6-13(9)16)17-14(18)10-3-2-4-11(8-10)15(19)20/h5-7,10-11H,2-4,8H2,1H3,(H,17,18)(H,19,20). The molecular formula is C15H18BrNO3. The van der Waals surface area contributed by atoms with Gasteiger partial charge in [-0.15, -0.1) is 0 Å². The minimum atomic E-state index is -0.790. The summed E-state index contributed by atoms with van der Waals surface area (Å²) in [5, 5.41) is 11.9. The number of nitrogens with one attached hydrogen (secondary N) is 1. The van der Waals surface area contributed by atoms with E-state index in [1.165, 1.54) is 0 Å². The van der Waals surface area contributed by atoms with Gasteiger partial charge in [0.2, 0.25) is 5.91 Å². The molecular weight excluding hydrogens is 322 g/mol. The molecule has 5 heteroatoms. The van der Waals surface area contributed by atoms with Crippen molar-refractivity contribution in [3.05, 3.63) is 28.2 Å². The summed E-state index contributed by atoms with van der Waals surface area (Å²) in [6, 6.07) is 5.64. The lowest BCUT2D eigenvalue weighted by molar-refractivity contribution is -0.143. The Morgan fingerprint density at radius 3 is 2.65 bits per heavy atom. The van der Waals surface area contributed by atoms with Gasteiger partial charge < -0.3 is 10.4 Å². The van der Waals surface area contributed by atoms with Gasteiger partial charge in [0.1, 0.15) is 0 Å². The van der Waals surface area contributed by atoms with Crippen molar-refractivity contribution < 1.29 is 14.7 Å². The molecule has 0 heterocycles. The number of anilines is 1. The van der Waals surface area contributed by atoms with E-state index >= 15 is 0 Å². The fourth-order valence-corrected chi connectivity index (χ4v) is 2.87. The molecule has 0 spiro atoms. The number of aliphatic carboxylic acids is 1. The number of carboxylic acids is 1. The van der Waals surface area contributed by atoms with Crippen molar-refractivity contribution in [2.45, 2.75) is 32.6 Å². The van der Waals surface area contributed by atoms with Crippen LogP contribution in [-0.4, -0.2) is 17.0 Å². The van der Waals surface area contributed by atoms with Gasteiger partial charge >= 0.3 is 5.97 Å². The van der Waals surface area contributed by atoms with Gasteiger partial charge in [-0.2, -0.15) is 0 Å². The second-order valence-electron chi connectivity index (χ2n) is 5.35. The highest BCUT2D eigenvalue weighted by Gasteiger charge is 2.30. The van der Waals surface area contributed by atoms with Gasteiger partial charge in [0.15, 0.2) is 0 Å². The third-order valence-electron chi connectivity index (χ3n) is 3.82. The molecule has 1 aromatic carbocycles. The normalized spacial score (nSPS) is 22.3. The highest BCUT2D eigenvalue weighted by atomic mass is 79.9. The highest BCUT2D eigenvalue weighted by Crippen LogP contribution is 2.30. The van der Waals surface area contributed by atoms with Crippen molar-refractivity contribution in [3.8, 4) is 0 Å². The first-order valence-corrected chi connectivity index (χ1v) is 7.56. The number of amides is 1. The maximum absolute atomic E-state index is 12.2. The van der Waals surface area contributed by atoms with Gasteiger partial charge in [-0.3, -0.25) is 9.59 Å². The average Bonchev–Trinajstić information content (AvgIpc) is 2.43. The molecule has 2 rings (SSSR count). The largest absolute Gasteiger partial charge is 0.481 e. The molecule has 1 saturated carbocycles. The Bertz CT molecular complexity index is 530. The third-order valence-corrected chi connectivity index (χ3v) is 4.71. The Morgan fingerprint density at radius 2 is 2.00 bits per heavy atom. The summed E-state index contributed by atoms with van der Waals surface area (Å²) in [5.41, 5.74) is 1.81. The monoisotopic (exact) mass is 339 g/mol. The molecule has 2 unspecified atom stereocenters. The van der Waals surface area contributed by atoms with Crippen molar-refractivity contribution in [3.63, 3.8) is 0 Å². The molecule has 0 bridgehead atoms. The zero-order chi connectivity index (χ0) is 14.7. The topological polar surface area (TPSA) is 66.4 Å². The van der Waals surface area contributed by atoms with Crippen molar-refractivity contribution in [2.75, 3.05) is 5.32 Å². The van der Waals surface area contributed by atoms with Crippen LogP contribution in [0.3, 0.4) is 0 Å². The summed E-state index contributed by atoms with van der Waals surface area (Å²) in [6.45, 7) is 1.96. The van der Waals surface area contributed by atoms with Crippen molar-refractivity contribution in [2.24, 2.45) is 11.8 Å². The van der Waals surface area contributed by atoms with Gasteiger partial charge in [0.05, 0.1) is 5.92 Å². The Balaban J connectivity index is 2.00. The molecule has 4 nitrogen and oxygen atoms in total. The fraction of sp³-hybridized carbons (Fsp3) is 0.467. The summed E-state index contributed by atoms with van der Waals surface area (Å²) in [4.78, 5) is 23.2. The van der Waals surface area contributed by atoms with E-state index in [1.807, 2.05) is 25.1 Å². The highest BCUT2D eigenvalue weighted by molar-refractivity contribution is 9.10. The molecule has 1 aromatic rings. The molecule has 1 aliphatic rings. The van der Waals surface area contributed by atoms with Gasteiger partial charge in [-0.25, -0.2) is 0 Å².